The largest absolute Gasteiger partial charge is 0.444 e. The second kappa shape index (κ2) is 6.83. The second-order valence-electron chi connectivity index (χ2n) is 6.20. The molecule has 6 heteroatoms. The van der Waals surface area contributed by atoms with Crippen molar-refractivity contribution in [1.82, 2.24) is 9.78 Å². The Labute approximate surface area is 136 Å². The summed E-state index contributed by atoms with van der Waals surface area (Å²) in [5, 5.41) is 7.12. The molecule has 1 atom stereocenters. The summed E-state index contributed by atoms with van der Waals surface area (Å²) in [4.78, 5) is 12.0. The highest BCUT2D eigenvalue weighted by atomic mass is 16.6. The fourth-order valence-corrected chi connectivity index (χ4v) is 2.15. The number of methoxy groups -OCH3 is 1. The first-order valence-corrected chi connectivity index (χ1v) is 7.48. The standard InChI is InChI=1S/C17H23N3O3/c1-12(22-5)15-14(19-16(21)23-17(2,3)4)11-18-20(15)13-9-7-6-8-10-13/h6-12H,1-5H3,(H,19,21)/t12-/m0/s1. The average molecular weight is 317 g/mol. The Kier molecular flexibility index (Phi) is 5.05. The van der Waals surface area contributed by atoms with E-state index in [2.05, 4.69) is 10.4 Å². The molecule has 0 fully saturated rings. The van der Waals surface area contributed by atoms with Crippen LogP contribution in [0.3, 0.4) is 0 Å². The zero-order valence-electron chi connectivity index (χ0n) is 14.2. The highest BCUT2D eigenvalue weighted by molar-refractivity contribution is 5.85. The number of anilines is 1. The van der Waals surface area contributed by atoms with Crippen LogP contribution in [-0.4, -0.2) is 28.6 Å². The number of amides is 1. The van der Waals surface area contributed by atoms with Gasteiger partial charge in [-0.05, 0) is 39.8 Å². The summed E-state index contributed by atoms with van der Waals surface area (Å²) in [7, 11) is 1.62. The highest BCUT2D eigenvalue weighted by Crippen LogP contribution is 2.28. The first kappa shape index (κ1) is 17.0. The van der Waals surface area contributed by atoms with E-state index in [4.69, 9.17) is 9.47 Å². The summed E-state index contributed by atoms with van der Waals surface area (Å²) in [6, 6.07) is 9.68. The molecule has 1 heterocycles. The molecule has 6 nitrogen and oxygen atoms in total. The van der Waals surface area contributed by atoms with E-state index in [1.807, 2.05) is 58.0 Å². The van der Waals surface area contributed by atoms with E-state index in [1.54, 1.807) is 18.0 Å². The maximum Gasteiger partial charge on any atom is 0.412 e. The number of para-hydroxylation sites is 1. The smallest absolute Gasteiger partial charge is 0.412 e. The molecule has 0 aliphatic carbocycles. The number of benzene rings is 1. The Morgan fingerprint density at radius 2 is 1.91 bits per heavy atom. The van der Waals surface area contributed by atoms with Crippen LogP contribution in [0.2, 0.25) is 0 Å². The summed E-state index contributed by atoms with van der Waals surface area (Å²) in [5.74, 6) is 0. The third-order valence-electron chi connectivity index (χ3n) is 3.18. The second-order valence-corrected chi connectivity index (χ2v) is 6.20. The normalized spacial score (nSPS) is 12.7. The predicted molar refractivity (Wildman–Crippen MR) is 88.8 cm³/mol. The van der Waals surface area contributed by atoms with Gasteiger partial charge in [0.2, 0.25) is 0 Å². The lowest BCUT2D eigenvalue weighted by molar-refractivity contribution is 0.0635. The van der Waals surface area contributed by atoms with E-state index in [0.29, 0.717) is 5.69 Å². The molecule has 0 bridgehead atoms. The fraction of sp³-hybridized carbons (Fsp3) is 0.412. The molecule has 0 radical (unpaired) electrons. The Morgan fingerprint density at radius 3 is 2.48 bits per heavy atom. The van der Waals surface area contributed by atoms with Gasteiger partial charge < -0.3 is 9.47 Å². The molecule has 1 N–H and O–H groups in total. The summed E-state index contributed by atoms with van der Waals surface area (Å²) >= 11 is 0. The van der Waals surface area contributed by atoms with Crippen LogP contribution in [-0.2, 0) is 9.47 Å². The molecule has 0 aliphatic rings. The van der Waals surface area contributed by atoms with Gasteiger partial charge in [0.25, 0.3) is 0 Å². The monoisotopic (exact) mass is 317 g/mol. The number of aromatic nitrogens is 2. The van der Waals surface area contributed by atoms with E-state index >= 15 is 0 Å². The third-order valence-corrected chi connectivity index (χ3v) is 3.18. The summed E-state index contributed by atoms with van der Waals surface area (Å²) < 4.78 is 12.5. The number of carbonyl (C=O) groups excluding carboxylic acids is 1. The van der Waals surface area contributed by atoms with E-state index in [-0.39, 0.29) is 6.10 Å². The van der Waals surface area contributed by atoms with Crippen LogP contribution in [0.15, 0.2) is 36.5 Å². The molecule has 2 aromatic rings. The number of ether oxygens (including phenoxy) is 2. The minimum Gasteiger partial charge on any atom is -0.444 e. The molecule has 0 saturated heterocycles. The van der Waals surface area contributed by atoms with Crippen molar-refractivity contribution in [1.29, 1.82) is 0 Å². The lowest BCUT2D eigenvalue weighted by atomic mass is 10.2. The molecule has 2 rings (SSSR count). The van der Waals surface area contributed by atoms with Gasteiger partial charge in [-0.1, -0.05) is 18.2 Å². The Hall–Kier alpha value is -2.34. The number of nitrogens with zero attached hydrogens (tertiary/aromatic N) is 2. The van der Waals surface area contributed by atoms with E-state index in [9.17, 15) is 4.79 Å². The Bertz CT molecular complexity index is 659. The van der Waals surface area contributed by atoms with Crippen molar-refractivity contribution in [2.45, 2.75) is 39.4 Å². The van der Waals surface area contributed by atoms with Crippen LogP contribution in [0.4, 0.5) is 10.5 Å². The molecule has 0 unspecified atom stereocenters. The SMILES string of the molecule is CO[C@@H](C)c1c(NC(=O)OC(C)(C)C)cnn1-c1ccccc1. The van der Waals surface area contributed by atoms with Gasteiger partial charge in [0.05, 0.1) is 29.4 Å². The van der Waals surface area contributed by atoms with Crippen molar-refractivity contribution in [2.75, 3.05) is 12.4 Å². The van der Waals surface area contributed by atoms with Crippen molar-refractivity contribution in [3.8, 4) is 5.69 Å². The first-order valence-electron chi connectivity index (χ1n) is 7.48. The highest BCUT2D eigenvalue weighted by Gasteiger charge is 2.22. The molecule has 0 aliphatic heterocycles. The number of carbonyl (C=O) groups is 1. The molecule has 1 aromatic heterocycles. The zero-order valence-corrected chi connectivity index (χ0v) is 14.2. The van der Waals surface area contributed by atoms with Gasteiger partial charge in [-0.2, -0.15) is 5.10 Å². The van der Waals surface area contributed by atoms with Crippen LogP contribution < -0.4 is 5.32 Å². The van der Waals surface area contributed by atoms with Crippen molar-refractivity contribution in [3.63, 3.8) is 0 Å². The molecular weight excluding hydrogens is 294 g/mol. The fourth-order valence-electron chi connectivity index (χ4n) is 2.15. The molecular formula is C17H23N3O3. The van der Waals surface area contributed by atoms with Crippen LogP contribution in [0.1, 0.15) is 39.5 Å². The molecule has 124 valence electrons. The Balaban J connectivity index is 2.34. The minimum absolute atomic E-state index is 0.248. The first-order chi connectivity index (χ1) is 10.8. The van der Waals surface area contributed by atoms with Crippen LogP contribution in [0.5, 0.6) is 0 Å². The van der Waals surface area contributed by atoms with Gasteiger partial charge in [0, 0.05) is 7.11 Å². The number of rotatable bonds is 4. The van der Waals surface area contributed by atoms with Crippen LogP contribution in [0.25, 0.3) is 5.69 Å². The van der Waals surface area contributed by atoms with Crippen molar-refractivity contribution in [3.05, 3.63) is 42.2 Å². The predicted octanol–water partition coefficient (Wildman–Crippen LogP) is 3.93. The van der Waals surface area contributed by atoms with E-state index in [0.717, 1.165) is 11.4 Å². The van der Waals surface area contributed by atoms with Gasteiger partial charge in [0.15, 0.2) is 0 Å². The van der Waals surface area contributed by atoms with Gasteiger partial charge in [0.1, 0.15) is 5.60 Å². The van der Waals surface area contributed by atoms with Crippen molar-refractivity contribution in [2.24, 2.45) is 0 Å². The lowest BCUT2D eigenvalue weighted by Gasteiger charge is -2.20. The minimum atomic E-state index is -0.563. The molecule has 0 saturated carbocycles. The van der Waals surface area contributed by atoms with Gasteiger partial charge in [-0.3, -0.25) is 5.32 Å². The summed E-state index contributed by atoms with van der Waals surface area (Å²) in [6.45, 7) is 7.35. The van der Waals surface area contributed by atoms with Crippen LogP contribution in [0, 0.1) is 0 Å². The summed E-state index contributed by atoms with van der Waals surface area (Å²) in [6.07, 6.45) is 0.833. The molecule has 23 heavy (non-hydrogen) atoms. The quantitative estimate of drug-likeness (QED) is 0.928. The van der Waals surface area contributed by atoms with Gasteiger partial charge in [-0.25, -0.2) is 9.48 Å². The van der Waals surface area contributed by atoms with E-state index < -0.39 is 11.7 Å². The Morgan fingerprint density at radius 1 is 1.26 bits per heavy atom. The number of hydrogen-bond acceptors (Lipinski definition) is 4. The molecule has 1 aromatic carbocycles. The molecule has 0 spiro atoms. The maximum atomic E-state index is 12.0. The average Bonchev–Trinajstić information content (AvgIpc) is 2.88. The van der Waals surface area contributed by atoms with Crippen molar-refractivity contribution < 1.29 is 14.3 Å². The molecule has 1 amide bonds. The van der Waals surface area contributed by atoms with E-state index in [1.165, 1.54) is 0 Å². The summed E-state index contributed by atoms with van der Waals surface area (Å²) in [5.41, 5.74) is 1.65. The topological polar surface area (TPSA) is 65.4 Å². The van der Waals surface area contributed by atoms with Crippen molar-refractivity contribution >= 4 is 11.8 Å². The third kappa shape index (κ3) is 4.32. The van der Waals surface area contributed by atoms with Gasteiger partial charge in [-0.15, -0.1) is 0 Å². The zero-order chi connectivity index (χ0) is 17.0. The number of nitrogens with one attached hydrogen (secondary N) is 1. The van der Waals surface area contributed by atoms with Crippen LogP contribution >= 0.6 is 0 Å². The number of hydrogen-bond donors (Lipinski definition) is 1. The van der Waals surface area contributed by atoms with Gasteiger partial charge >= 0.3 is 6.09 Å². The lowest BCUT2D eigenvalue weighted by Crippen LogP contribution is -2.27. The maximum absolute atomic E-state index is 12.0.